The quantitative estimate of drug-likeness (QED) is 0.487. The third-order valence-corrected chi connectivity index (χ3v) is 4.64. The van der Waals surface area contributed by atoms with E-state index in [1.54, 1.807) is 6.08 Å². The predicted octanol–water partition coefficient (Wildman–Crippen LogP) is 3.38. The van der Waals surface area contributed by atoms with E-state index in [9.17, 15) is 14.4 Å². The highest BCUT2D eigenvalue weighted by Gasteiger charge is 2.28. The summed E-state index contributed by atoms with van der Waals surface area (Å²) in [6.07, 6.45) is 8.67. The molecule has 1 aromatic rings. The number of rotatable bonds is 11. The average Bonchev–Trinajstić information content (AvgIpc) is 2.97. The van der Waals surface area contributed by atoms with Gasteiger partial charge in [-0.15, -0.1) is 0 Å². The molecule has 0 spiro atoms. The number of allylic oxidation sites excluding steroid dienone is 1. The summed E-state index contributed by atoms with van der Waals surface area (Å²) in [5.74, 6) is -0.574. The standard InChI is InChI=1S/C21H27NO4/c23-19(16-17-8-4-3-5-9-17)13-11-18-12-14-20(24)22(18)15-7-2-1-6-10-21(25)26/h3-5,8-9,11,13,18H,1-2,6-7,10,12,14-16H2,(H,25,26)/b13-11+/t18-/m0/s1. The van der Waals surface area contributed by atoms with E-state index in [-0.39, 0.29) is 24.2 Å². The van der Waals surface area contributed by atoms with Crippen LogP contribution in [0.15, 0.2) is 42.5 Å². The number of carbonyl (C=O) groups is 3. The van der Waals surface area contributed by atoms with Gasteiger partial charge in [0.15, 0.2) is 5.78 Å². The Bertz CT molecular complexity index is 639. The molecule has 2 rings (SSSR count). The average molecular weight is 357 g/mol. The summed E-state index contributed by atoms with van der Waals surface area (Å²) in [5, 5.41) is 8.62. The third kappa shape index (κ3) is 6.82. The van der Waals surface area contributed by atoms with E-state index in [1.807, 2.05) is 41.3 Å². The molecule has 0 aliphatic carbocycles. The molecule has 5 nitrogen and oxygen atoms in total. The van der Waals surface area contributed by atoms with Crippen molar-refractivity contribution < 1.29 is 19.5 Å². The van der Waals surface area contributed by atoms with Gasteiger partial charge in [0.05, 0.1) is 6.04 Å². The Labute approximate surface area is 154 Å². The Kier molecular flexibility index (Phi) is 8.06. The fourth-order valence-electron chi connectivity index (χ4n) is 3.23. The summed E-state index contributed by atoms with van der Waals surface area (Å²) in [7, 11) is 0. The molecule has 0 bridgehead atoms. The van der Waals surface area contributed by atoms with Crippen molar-refractivity contribution in [3.05, 3.63) is 48.0 Å². The lowest BCUT2D eigenvalue weighted by Gasteiger charge is -2.22. The van der Waals surface area contributed by atoms with Crippen LogP contribution in [-0.2, 0) is 20.8 Å². The highest BCUT2D eigenvalue weighted by Crippen LogP contribution is 2.21. The molecule has 0 saturated carbocycles. The molecule has 0 unspecified atom stereocenters. The van der Waals surface area contributed by atoms with Crippen LogP contribution in [0.3, 0.4) is 0 Å². The second-order valence-corrected chi connectivity index (χ2v) is 6.74. The van der Waals surface area contributed by atoms with Crippen molar-refractivity contribution >= 4 is 17.7 Å². The van der Waals surface area contributed by atoms with E-state index in [1.165, 1.54) is 0 Å². The van der Waals surface area contributed by atoms with Gasteiger partial charge in [0.2, 0.25) is 5.91 Å². The summed E-state index contributed by atoms with van der Waals surface area (Å²) in [6.45, 7) is 0.674. The van der Waals surface area contributed by atoms with Crippen molar-refractivity contribution in [2.75, 3.05) is 6.54 Å². The summed E-state index contributed by atoms with van der Waals surface area (Å²) in [6, 6.07) is 9.62. The van der Waals surface area contributed by atoms with Crippen LogP contribution in [0.25, 0.3) is 0 Å². The maximum absolute atomic E-state index is 12.1. The number of carboxylic acids is 1. The lowest BCUT2D eigenvalue weighted by molar-refractivity contribution is -0.137. The maximum Gasteiger partial charge on any atom is 0.303 e. The van der Waals surface area contributed by atoms with Crippen LogP contribution in [0.1, 0.15) is 50.5 Å². The van der Waals surface area contributed by atoms with Gasteiger partial charge in [-0.1, -0.05) is 49.2 Å². The first-order valence-electron chi connectivity index (χ1n) is 9.32. The van der Waals surface area contributed by atoms with Crippen molar-refractivity contribution in [1.29, 1.82) is 0 Å². The minimum atomic E-state index is -0.759. The Morgan fingerprint density at radius 3 is 2.58 bits per heavy atom. The summed E-state index contributed by atoms with van der Waals surface area (Å²) >= 11 is 0. The molecule has 1 aromatic carbocycles. The van der Waals surface area contributed by atoms with Crippen LogP contribution >= 0.6 is 0 Å². The van der Waals surface area contributed by atoms with Gasteiger partial charge in [-0.25, -0.2) is 0 Å². The van der Waals surface area contributed by atoms with Gasteiger partial charge in [-0.05, 0) is 30.9 Å². The van der Waals surface area contributed by atoms with E-state index in [4.69, 9.17) is 5.11 Å². The van der Waals surface area contributed by atoms with Gasteiger partial charge in [0.1, 0.15) is 0 Å². The first kappa shape index (κ1) is 19.9. The van der Waals surface area contributed by atoms with Gasteiger partial charge in [-0.2, -0.15) is 0 Å². The zero-order valence-corrected chi connectivity index (χ0v) is 15.1. The molecule has 5 heteroatoms. The molecule has 1 fully saturated rings. The molecular formula is C21H27NO4. The summed E-state index contributed by atoms with van der Waals surface area (Å²) < 4.78 is 0. The van der Waals surface area contributed by atoms with Gasteiger partial charge in [0.25, 0.3) is 0 Å². The number of carbonyl (C=O) groups excluding carboxylic acids is 2. The van der Waals surface area contributed by atoms with E-state index in [0.29, 0.717) is 25.8 Å². The summed E-state index contributed by atoms with van der Waals surface area (Å²) in [4.78, 5) is 36.5. The summed E-state index contributed by atoms with van der Waals surface area (Å²) in [5.41, 5.74) is 0.989. The molecule has 1 heterocycles. The number of hydrogen-bond acceptors (Lipinski definition) is 3. The minimum Gasteiger partial charge on any atom is -0.481 e. The van der Waals surface area contributed by atoms with Crippen molar-refractivity contribution in [1.82, 2.24) is 4.90 Å². The largest absolute Gasteiger partial charge is 0.481 e. The molecule has 1 amide bonds. The lowest BCUT2D eigenvalue weighted by atomic mass is 10.1. The molecule has 1 aliphatic heterocycles. The second-order valence-electron chi connectivity index (χ2n) is 6.74. The Morgan fingerprint density at radius 1 is 1.12 bits per heavy atom. The number of ketones is 1. The van der Waals surface area contributed by atoms with Crippen LogP contribution in [0, 0.1) is 0 Å². The van der Waals surface area contributed by atoms with Crippen LogP contribution in [0.4, 0.5) is 0 Å². The zero-order chi connectivity index (χ0) is 18.8. The number of amides is 1. The third-order valence-electron chi connectivity index (χ3n) is 4.64. The van der Waals surface area contributed by atoms with Crippen LogP contribution in [0.2, 0.25) is 0 Å². The van der Waals surface area contributed by atoms with Gasteiger partial charge >= 0.3 is 5.97 Å². The predicted molar refractivity (Wildman–Crippen MR) is 99.7 cm³/mol. The van der Waals surface area contributed by atoms with Crippen molar-refractivity contribution in [3.63, 3.8) is 0 Å². The van der Waals surface area contributed by atoms with Crippen LogP contribution < -0.4 is 0 Å². The molecule has 140 valence electrons. The number of hydrogen-bond donors (Lipinski definition) is 1. The monoisotopic (exact) mass is 357 g/mol. The van der Waals surface area contributed by atoms with Gasteiger partial charge < -0.3 is 10.0 Å². The van der Waals surface area contributed by atoms with E-state index in [0.717, 1.165) is 31.2 Å². The molecule has 1 atom stereocenters. The highest BCUT2D eigenvalue weighted by atomic mass is 16.4. The normalized spacial score (nSPS) is 17.2. The Balaban J connectivity index is 1.75. The van der Waals surface area contributed by atoms with Crippen molar-refractivity contribution in [3.8, 4) is 0 Å². The molecule has 26 heavy (non-hydrogen) atoms. The van der Waals surface area contributed by atoms with E-state index < -0.39 is 5.97 Å². The Morgan fingerprint density at radius 2 is 1.85 bits per heavy atom. The number of unbranched alkanes of at least 4 members (excludes halogenated alkanes) is 3. The maximum atomic E-state index is 12.1. The van der Waals surface area contributed by atoms with Crippen molar-refractivity contribution in [2.24, 2.45) is 0 Å². The topological polar surface area (TPSA) is 74.7 Å². The molecular weight excluding hydrogens is 330 g/mol. The van der Waals surface area contributed by atoms with E-state index >= 15 is 0 Å². The fraction of sp³-hybridized carbons (Fsp3) is 0.476. The number of aliphatic carboxylic acids is 1. The molecule has 1 aliphatic rings. The molecule has 1 saturated heterocycles. The Hall–Kier alpha value is -2.43. The van der Waals surface area contributed by atoms with E-state index in [2.05, 4.69) is 0 Å². The van der Waals surface area contributed by atoms with Gasteiger partial charge in [0, 0.05) is 25.8 Å². The first-order valence-corrected chi connectivity index (χ1v) is 9.32. The van der Waals surface area contributed by atoms with Crippen molar-refractivity contribution in [2.45, 2.75) is 57.4 Å². The van der Waals surface area contributed by atoms with Crippen LogP contribution in [-0.4, -0.2) is 40.3 Å². The number of likely N-dealkylation sites (tertiary alicyclic amines) is 1. The molecule has 0 aromatic heterocycles. The number of benzene rings is 1. The lowest BCUT2D eigenvalue weighted by Crippen LogP contribution is -2.32. The fourth-order valence-corrected chi connectivity index (χ4v) is 3.23. The van der Waals surface area contributed by atoms with Gasteiger partial charge in [-0.3, -0.25) is 14.4 Å². The highest BCUT2D eigenvalue weighted by molar-refractivity contribution is 5.91. The molecule has 1 N–H and O–H groups in total. The first-order chi connectivity index (χ1) is 12.6. The van der Waals surface area contributed by atoms with Crippen LogP contribution in [0.5, 0.6) is 0 Å². The number of carboxylic acid groups (broad SMARTS) is 1. The molecule has 0 radical (unpaired) electrons. The SMILES string of the molecule is O=C(O)CCCCCCN1C(=O)CC[C@@H]1/C=C/C(=O)Cc1ccccc1. The number of nitrogens with zero attached hydrogens (tertiary/aromatic N) is 1. The minimum absolute atomic E-state index is 0.00115. The zero-order valence-electron chi connectivity index (χ0n) is 15.1. The smallest absolute Gasteiger partial charge is 0.303 e. The second kappa shape index (κ2) is 10.5.